The van der Waals surface area contributed by atoms with E-state index in [9.17, 15) is 26.4 Å². The number of nitrogens with one attached hydrogen (secondary N) is 1. The Labute approximate surface area is 269 Å². The quantitative estimate of drug-likeness (QED) is 0.179. The molecule has 0 aliphatic carbocycles. The van der Waals surface area contributed by atoms with E-state index in [1.165, 1.54) is 58.8 Å². The van der Waals surface area contributed by atoms with Crippen molar-refractivity contribution in [1.29, 1.82) is 0 Å². The number of ether oxygens (including phenoxy) is 1. The Hall–Kier alpha value is -4.12. The van der Waals surface area contributed by atoms with E-state index < -0.39 is 46.6 Å². The van der Waals surface area contributed by atoms with Gasteiger partial charge in [0.1, 0.15) is 17.5 Å². The second-order valence-corrected chi connectivity index (χ2v) is 13.5. The summed E-state index contributed by atoms with van der Waals surface area (Å²) in [5.41, 5.74) is -1.35. The number of alkyl halides is 3. The van der Waals surface area contributed by atoms with Crippen molar-refractivity contribution in [2.45, 2.75) is 29.6 Å². The largest absolute Gasteiger partial charge is 0.465 e. The van der Waals surface area contributed by atoms with Crippen molar-refractivity contribution >= 4 is 50.3 Å². The van der Waals surface area contributed by atoms with E-state index in [2.05, 4.69) is 19.5 Å². The van der Waals surface area contributed by atoms with E-state index in [0.717, 1.165) is 25.4 Å². The number of aliphatic imine (C=N–C) groups is 1. The molecule has 1 unspecified atom stereocenters. The number of hydrogen-bond donors (Lipinski definition) is 1. The average Bonchev–Trinajstić information content (AvgIpc) is 3.80. The Balaban J connectivity index is 1.42. The maximum absolute atomic E-state index is 16.9. The first-order valence-corrected chi connectivity index (χ1v) is 16.3. The highest BCUT2D eigenvalue weighted by molar-refractivity contribution is 7.89. The molecule has 0 saturated carbocycles. The first-order valence-electron chi connectivity index (χ1n) is 13.5. The van der Waals surface area contributed by atoms with Gasteiger partial charge in [0.2, 0.25) is 10.0 Å². The number of fused-ring (bicyclic) bond motifs is 1. The third kappa shape index (κ3) is 6.04. The van der Waals surface area contributed by atoms with Gasteiger partial charge in [-0.05, 0) is 36.4 Å². The fourth-order valence-electron chi connectivity index (χ4n) is 5.35. The topological polar surface area (TPSA) is 119 Å². The van der Waals surface area contributed by atoms with Crippen molar-refractivity contribution < 1.29 is 35.5 Å². The first kappa shape index (κ1) is 31.8. The van der Waals surface area contributed by atoms with Gasteiger partial charge in [0, 0.05) is 52.6 Å². The number of amidine groups is 1. The van der Waals surface area contributed by atoms with Gasteiger partial charge < -0.3 is 9.64 Å². The van der Waals surface area contributed by atoms with E-state index >= 15 is 4.39 Å². The minimum absolute atomic E-state index is 0.00136. The molecule has 2 aliphatic heterocycles. The van der Waals surface area contributed by atoms with Gasteiger partial charge in [-0.2, -0.15) is 13.9 Å². The van der Waals surface area contributed by atoms with Crippen LogP contribution in [0.1, 0.15) is 45.6 Å². The number of thiazole rings is 1. The predicted octanol–water partition coefficient (Wildman–Crippen LogP) is 5.62. The van der Waals surface area contributed by atoms with Crippen LogP contribution >= 0.6 is 22.9 Å². The van der Waals surface area contributed by atoms with E-state index in [0.29, 0.717) is 20.9 Å². The van der Waals surface area contributed by atoms with Crippen LogP contribution in [-0.4, -0.2) is 65.8 Å². The molecule has 0 spiro atoms. The molecule has 17 heteroatoms. The maximum Gasteiger partial charge on any atom is 0.337 e. The van der Waals surface area contributed by atoms with Crippen LogP contribution in [0, 0.1) is 5.82 Å². The van der Waals surface area contributed by atoms with Crippen molar-refractivity contribution in [1.82, 2.24) is 24.4 Å². The summed E-state index contributed by atoms with van der Waals surface area (Å²) in [5.74, 6) is -1.12. The molecule has 0 bridgehead atoms. The highest BCUT2D eigenvalue weighted by Gasteiger charge is 2.49. The molecule has 2 atom stereocenters. The van der Waals surface area contributed by atoms with E-state index in [-0.39, 0.29) is 45.5 Å². The Morgan fingerprint density at radius 3 is 2.72 bits per heavy atom. The number of benzene rings is 2. The second kappa shape index (κ2) is 12.2. The fourth-order valence-corrected chi connectivity index (χ4v) is 7.42. The van der Waals surface area contributed by atoms with Crippen molar-refractivity contribution in [3.8, 4) is 0 Å². The summed E-state index contributed by atoms with van der Waals surface area (Å²) in [6.07, 6.45) is 2.21. The summed E-state index contributed by atoms with van der Waals surface area (Å²) in [4.78, 5) is 22.4. The Kier molecular flexibility index (Phi) is 8.47. The molecule has 1 saturated heterocycles. The molecule has 2 aliphatic rings. The average molecular weight is 695 g/mol. The lowest BCUT2D eigenvalue weighted by atomic mass is 9.91. The predicted molar refractivity (Wildman–Crippen MR) is 161 cm³/mol. The Morgan fingerprint density at radius 1 is 1.24 bits per heavy atom. The van der Waals surface area contributed by atoms with Gasteiger partial charge in [0.25, 0.3) is 0 Å². The summed E-state index contributed by atoms with van der Waals surface area (Å²) >= 11 is 7.68. The van der Waals surface area contributed by atoms with Crippen molar-refractivity contribution in [2.75, 3.05) is 20.2 Å². The van der Waals surface area contributed by atoms with Crippen molar-refractivity contribution in [2.24, 2.45) is 4.99 Å². The van der Waals surface area contributed by atoms with Crippen LogP contribution in [-0.2, 0) is 14.8 Å². The first-order chi connectivity index (χ1) is 21.9. The highest BCUT2D eigenvalue weighted by atomic mass is 35.5. The number of carbonyl (C=O) groups is 1. The molecule has 1 N–H and O–H groups in total. The number of methoxy groups -OCH3 is 1. The van der Waals surface area contributed by atoms with Gasteiger partial charge in [0.05, 0.1) is 29.8 Å². The SMILES string of the molecule is COC(=O)c1cccc(S(=O)(=O)NCC2(F)CC3=C(c4ccn(C(F)F)n4)[C@H](c4ccc(F)cc4Cl)N=C(c4nccs4)N3C2)c1. The van der Waals surface area contributed by atoms with Gasteiger partial charge in [0.15, 0.2) is 10.8 Å². The Bertz CT molecular complexity index is 1990. The number of carbonyl (C=O) groups excluding carboxylic acids is 1. The zero-order chi connectivity index (χ0) is 32.8. The number of rotatable bonds is 9. The number of nitrogens with zero attached hydrogens (tertiary/aromatic N) is 5. The number of esters is 1. The van der Waals surface area contributed by atoms with Crippen LogP contribution in [0.25, 0.3) is 5.57 Å². The van der Waals surface area contributed by atoms with Crippen LogP contribution in [0.5, 0.6) is 0 Å². The smallest absolute Gasteiger partial charge is 0.337 e. The van der Waals surface area contributed by atoms with Crippen LogP contribution in [0.15, 0.2) is 81.9 Å². The van der Waals surface area contributed by atoms with Crippen LogP contribution < -0.4 is 4.72 Å². The fraction of sp³-hybridized carbons (Fsp3) is 0.241. The second-order valence-electron chi connectivity index (χ2n) is 10.4. The van der Waals surface area contributed by atoms with Gasteiger partial charge in [-0.25, -0.2) is 36.4 Å². The molecule has 4 aromatic rings. The lowest BCUT2D eigenvalue weighted by molar-refractivity contribution is 0.0563. The van der Waals surface area contributed by atoms with Gasteiger partial charge in [-0.3, -0.25) is 4.99 Å². The number of halogens is 5. The number of aromatic nitrogens is 3. The summed E-state index contributed by atoms with van der Waals surface area (Å²) < 4.78 is 91.8. The Morgan fingerprint density at radius 2 is 2.04 bits per heavy atom. The molecular weight excluding hydrogens is 672 g/mol. The third-order valence-electron chi connectivity index (χ3n) is 7.45. The highest BCUT2D eigenvalue weighted by Crippen LogP contribution is 2.48. The lowest BCUT2D eigenvalue weighted by Crippen LogP contribution is -2.43. The molecule has 2 aromatic carbocycles. The zero-order valence-electron chi connectivity index (χ0n) is 23.7. The van der Waals surface area contributed by atoms with Crippen LogP contribution in [0.4, 0.5) is 17.6 Å². The molecule has 10 nitrogen and oxygen atoms in total. The number of sulfonamides is 1. The van der Waals surface area contributed by atoms with E-state index in [1.54, 1.807) is 5.38 Å². The molecular formula is C29H23ClF4N6O4S2. The summed E-state index contributed by atoms with van der Waals surface area (Å²) in [5, 5.41) is 6.11. The molecule has 1 fully saturated rings. The monoisotopic (exact) mass is 694 g/mol. The standard InChI is InChI=1S/C29H23ClF4N6O4S2/c1-44-27(41)16-3-2-4-18(11-16)46(42,43)36-14-29(34)13-22-23(21-7-9-40(38-21)28(32)33)24(19-6-5-17(31)12-20(19)30)37-25(39(22)15-29)26-35-8-10-45-26/h2-12,24,28,36H,13-15H2,1H3/t24-,29?/m0/s1. The molecule has 4 heterocycles. The molecule has 0 amide bonds. The molecule has 0 radical (unpaired) electrons. The third-order valence-corrected chi connectivity index (χ3v) is 9.95. The van der Waals surface area contributed by atoms with E-state index in [4.69, 9.17) is 16.6 Å². The molecule has 6 rings (SSSR count). The van der Waals surface area contributed by atoms with Gasteiger partial charge in [-0.15, -0.1) is 11.3 Å². The minimum Gasteiger partial charge on any atom is -0.465 e. The lowest BCUT2D eigenvalue weighted by Gasteiger charge is -2.32. The molecule has 46 heavy (non-hydrogen) atoms. The molecule has 240 valence electrons. The molecule has 2 aromatic heterocycles. The van der Waals surface area contributed by atoms with E-state index in [1.807, 2.05) is 0 Å². The summed E-state index contributed by atoms with van der Waals surface area (Å²) in [6.45, 7) is -4.03. The maximum atomic E-state index is 16.9. The van der Waals surface area contributed by atoms with Crippen LogP contribution in [0.2, 0.25) is 5.02 Å². The van der Waals surface area contributed by atoms with Crippen LogP contribution in [0.3, 0.4) is 0 Å². The summed E-state index contributed by atoms with van der Waals surface area (Å²) in [6, 6.07) is 9.06. The normalized spacial score (nSPS) is 19.8. The zero-order valence-corrected chi connectivity index (χ0v) is 26.1. The summed E-state index contributed by atoms with van der Waals surface area (Å²) in [7, 11) is -3.14. The van der Waals surface area contributed by atoms with Gasteiger partial charge >= 0.3 is 12.5 Å². The van der Waals surface area contributed by atoms with Gasteiger partial charge in [-0.1, -0.05) is 23.7 Å². The van der Waals surface area contributed by atoms with Crippen molar-refractivity contribution in [3.05, 3.63) is 105 Å². The number of allylic oxidation sites excluding steroid dienone is 1. The minimum atomic E-state index is -4.30. The number of hydrogen-bond acceptors (Lipinski definition) is 9. The van der Waals surface area contributed by atoms with Crippen molar-refractivity contribution in [3.63, 3.8) is 0 Å².